The van der Waals surface area contributed by atoms with Crippen LogP contribution >= 0.6 is 0 Å². The van der Waals surface area contributed by atoms with Crippen molar-refractivity contribution in [3.05, 3.63) is 30.3 Å². The SMILES string of the molecule is O=S(=O)(c1ccccc1)N1CC(CO)OC(CO)C1. The van der Waals surface area contributed by atoms with E-state index in [2.05, 4.69) is 0 Å². The van der Waals surface area contributed by atoms with Gasteiger partial charge in [-0.1, -0.05) is 18.2 Å². The second kappa shape index (κ2) is 5.98. The maximum absolute atomic E-state index is 12.4. The lowest BCUT2D eigenvalue weighted by Crippen LogP contribution is -2.52. The zero-order valence-electron chi connectivity index (χ0n) is 10.3. The lowest BCUT2D eigenvalue weighted by molar-refractivity contribution is -0.0996. The van der Waals surface area contributed by atoms with Gasteiger partial charge < -0.3 is 14.9 Å². The summed E-state index contributed by atoms with van der Waals surface area (Å²) in [6.45, 7) is -0.386. The van der Waals surface area contributed by atoms with E-state index in [4.69, 9.17) is 14.9 Å². The quantitative estimate of drug-likeness (QED) is 0.774. The molecule has 2 unspecified atom stereocenters. The number of benzene rings is 1. The van der Waals surface area contributed by atoms with Gasteiger partial charge in [-0.2, -0.15) is 4.31 Å². The summed E-state index contributed by atoms with van der Waals surface area (Å²) in [7, 11) is -3.62. The van der Waals surface area contributed by atoms with E-state index in [0.717, 1.165) is 0 Å². The van der Waals surface area contributed by atoms with Crippen molar-refractivity contribution in [3.63, 3.8) is 0 Å². The Morgan fingerprint density at radius 2 is 1.63 bits per heavy atom. The predicted molar refractivity (Wildman–Crippen MR) is 68.0 cm³/mol. The minimum atomic E-state index is -3.62. The average Bonchev–Trinajstić information content (AvgIpc) is 2.47. The molecule has 0 aliphatic carbocycles. The fourth-order valence-electron chi connectivity index (χ4n) is 2.03. The normalized spacial score (nSPS) is 25.4. The predicted octanol–water partition coefficient (Wildman–Crippen LogP) is -0.571. The maximum atomic E-state index is 12.4. The van der Waals surface area contributed by atoms with Crippen molar-refractivity contribution in [2.45, 2.75) is 17.1 Å². The number of aliphatic hydroxyl groups is 2. The van der Waals surface area contributed by atoms with Gasteiger partial charge in [-0.25, -0.2) is 8.42 Å². The van der Waals surface area contributed by atoms with Crippen LogP contribution in [0.25, 0.3) is 0 Å². The highest BCUT2D eigenvalue weighted by atomic mass is 32.2. The average molecular weight is 287 g/mol. The first-order valence-electron chi connectivity index (χ1n) is 6.00. The van der Waals surface area contributed by atoms with Gasteiger partial charge in [0.05, 0.1) is 30.3 Å². The molecule has 1 aliphatic heterocycles. The van der Waals surface area contributed by atoms with Crippen molar-refractivity contribution in [2.75, 3.05) is 26.3 Å². The molecule has 0 radical (unpaired) electrons. The van der Waals surface area contributed by atoms with Crippen molar-refractivity contribution in [3.8, 4) is 0 Å². The summed E-state index contributed by atoms with van der Waals surface area (Å²) in [5.41, 5.74) is 0. The second-order valence-corrected chi connectivity index (χ2v) is 6.32. The molecule has 0 spiro atoms. The maximum Gasteiger partial charge on any atom is 0.243 e. The number of ether oxygens (including phenoxy) is 1. The summed E-state index contributed by atoms with van der Waals surface area (Å²) in [6, 6.07) is 8.09. The number of hydrogen-bond acceptors (Lipinski definition) is 5. The van der Waals surface area contributed by atoms with Crippen molar-refractivity contribution in [1.82, 2.24) is 4.31 Å². The lowest BCUT2D eigenvalue weighted by atomic mass is 10.2. The Labute approximate surface area is 112 Å². The minimum Gasteiger partial charge on any atom is -0.394 e. The van der Waals surface area contributed by atoms with E-state index in [-0.39, 0.29) is 31.2 Å². The number of rotatable bonds is 4. The minimum absolute atomic E-state index is 0.0875. The van der Waals surface area contributed by atoms with Crippen molar-refractivity contribution >= 4 is 10.0 Å². The van der Waals surface area contributed by atoms with E-state index in [9.17, 15) is 8.42 Å². The Bertz CT molecular complexity index is 492. The molecule has 0 amide bonds. The van der Waals surface area contributed by atoms with Crippen LogP contribution in [0.3, 0.4) is 0 Å². The van der Waals surface area contributed by atoms with Gasteiger partial charge in [-0.3, -0.25) is 0 Å². The zero-order valence-corrected chi connectivity index (χ0v) is 11.2. The van der Waals surface area contributed by atoms with E-state index < -0.39 is 22.2 Å². The van der Waals surface area contributed by atoms with Crippen LogP contribution in [0.4, 0.5) is 0 Å². The number of hydrogen-bond donors (Lipinski definition) is 2. The topological polar surface area (TPSA) is 87.1 Å². The molecule has 1 fully saturated rings. The highest BCUT2D eigenvalue weighted by Gasteiger charge is 2.34. The van der Waals surface area contributed by atoms with Crippen LogP contribution in [0, 0.1) is 0 Å². The Morgan fingerprint density at radius 1 is 1.11 bits per heavy atom. The van der Waals surface area contributed by atoms with Crippen molar-refractivity contribution in [1.29, 1.82) is 0 Å². The van der Waals surface area contributed by atoms with Crippen LogP contribution in [0.15, 0.2) is 35.2 Å². The van der Waals surface area contributed by atoms with Crippen LogP contribution in [-0.4, -0.2) is 61.4 Å². The molecule has 1 aromatic rings. The van der Waals surface area contributed by atoms with E-state index in [1.165, 1.54) is 16.4 Å². The van der Waals surface area contributed by atoms with Gasteiger partial charge in [-0.15, -0.1) is 0 Å². The molecule has 7 heteroatoms. The first kappa shape index (κ1) is 14.4. The molecule has 0 saturated carbocycles. The molecule has 2 atom stereocenters. The fourth-order valence-corrected chi connectivity index (χ4v) is 3.55. The van der Waals surface area contributed by atoms with Crippen LogP contribution in [0.1, 0.15) is 0 Å². The Morgan fingerprint density at radius 3 is 2.11 bits per heavy atom. The summed E-state index contributed by atoms with van der Waals surface area (Å²) in [5, 5.41) is 18.3. The molecule has 106 valence electrons. The third-order valence-electron chi connectivity index (χ3n) is 2.99. The second-order valence-electron chi connectivity index (χ2n) is 4.38. The van der Waals surface area contributed by atoms with Gasteiger partial charge in [0.15, 0.2) is 0 Å². The third-order valence-corrected chi connectivity index (χ3v) is 4.83. The van der Waals surface area contributed by atoms with E-state index in [1.54, 1.807) is 18.2 Å². The number of nitrogens with zero attached hydrogens (tertiary/aromatic N) is 1. The molecule has 1 heterocycles. The highest BCUT2D eigenvalue weighted by molar-refractivity contribution is 7.89. The van der Waals surface area contributed by atoms with Crippen molar-refractivity contribution < 1.29 is 23.4 Å². The smallest absolute Gasteiger partial charge is 0.243 e. The molecule has 1 saturated heterocycles. The molecule has 2 N–H and O–H groups in total. The zero-order chi connectivity index (χ0) is 13.9. The van der Waals surface area contributed by atoms with Crippen LogP contribution < -0.4 is 0 Å². The van der Waals surface area contributed by atoms with E-state index in [0.29, 0.717) is 0 Å². The van der Waals surface area contributed by atoms with Crippen LogP contribution in [0.2, 0.25) is 0 Å². The number of aliphatic hydroxyl groups excluding tert-OH is 2. The first-order valence-corrected chi connectivity index (χ1v) is 7.44. The largest absolute Gasteiger partial charge is 0.394 e. The molecule has 0 bridgehead atoms. The Kier molecular flexibility index (Phi) is 4.54. The van der Waals surface area contributed by atoms with Gasteiger partial charge in [0, 0.05) is 13.1 Å². The molecule has 1 aliphatic rings. The lowest BCUT2D eigenvalue weighted by Gasteiger charge is -2.35. The van der Waals surface area contributed by atoms with Gasteiger partial charge in [-0.05, 0) is 12.1 Å². The van der Waals surface area contributed by atoms with E-state index in [1.807, 2.05) is 0 Å². The number of sulfonamides is 1. The standard InChI is InChI=1S/C12H17NO5S/c14-8-10-6-13(7-11(9-15)18-10)19(16,17)12-4-2-1-3-5-12/h1-5,10-11,14-15H,6-9H2. The highest BCUT2D eigenvalue weighted by Crippen LogP contribution is 2.20. The third kappa shape index (κ3) is 3.13. The van der Waals surface area contributed by atoms with Gasteiger partial charge in [0.25, 0.3) is 0 Å². The monoisotopic (exact) mass is 287 g/mol. The van der Waals surface area contributed by atoms with Gasteiger partial charge >= 0.3 is 0 Å². The Hall–Kier alpha value is -0.990. The van der Waals surface area contributed by atoms with Crippen molar-refractivity contribution in [2.24, 2.45) is 0 Å². The summed E-state index contributed by atoms with van der Waals surface area (Å²) in [5.74, 6) is 0. The summed E-state index contributed by atoms with van der Waals surface area (Å²) >= 11 is 0. The fraction of sp³-hybridized carbons (Fsp3) is 0.500. The molecule has 19 heavy (non-hydrogen) atoms. The summed E-state index contributed by atoms with van der Waals surface area (Å²) in [6.07, 6.45) is -1.21. The van der Waals surface area contributed by atoms with Crippen LogP contribution in [-0.2, 0) is 14.8 Å². The molecule has 0 aromatic heterocycles. The molecular formula is C12H17NO5S. The van der Waals surface area contributed by atoms with E-state index >= 15 is 0 Å². The molecule has 1 aromatic carbocycles. The summed E-state index contributed by atoms with van der Waals surface area (Å²) < 4.78 is 31.4. The molecular weight excluding hydrogens is 270 g/mol. The number of morpholine rings is 1. The first-order chi connectivity index (χ1) is 9.07. The summed E-state index contributed by atoms with van der Waals surface area (Å²) in [4.78, 5) is 0.199. The van der Waals surface area contributed by atoms with Gasteiger partial charge in [0.2, 0.25) is 10.0 Å². The van der Waals surface area contributed by atoms with Gasteiger partial charge in [0.1, 0.15) is 0 Å². The Balaban J connectivity index is 2.24. The van der Waals surface area contributed by atoms with Crippen LogP contribution in [0.5, 0.6) is 0 Å². The molecule has 2 rings (SSSR count). The molecule has 6 nitrogen and oxygen atoms in total.